The molecule has 1 amide bonds. The molecule has 0 rings (SSSR count). The van der Waals surface area contributed by atoms with E-state index in [1.54, 1.807) is 14.0 Å². The van der Waals surface area contributed by atoms with E-state index in [0.717, 1.165) is 6.42 Å². The zero-order valence-electron chi connectivity index (χ0n) is 14.3. The highest BCUT2D eigenvalue weighted by atomic mass is 16.6. The Morgan fingerprint density at radius 2 is 1.95 bits per heavy atom. The third-order valence-corrected chi connectivity index (χ3v) is 2.77. The zero-order chi connectivity index (χ0) is 16.5. The largest absolute Gasteiger partial charge is 0.444 e. The van der Waals surface area contributed by atoms with Crippen LogP contribution in [0.15, 0.2) is 0 Å². The SMILES string of the molecule is COCCC(C)NCCN(CC(C)O)C(=O)OC(C)(C)C. The minimum atomic E-state index is -0.580. The molecule has 2 N–H and O–H groups in total. The van der Waals surface area contributed by atoms with E-state index in [9.17, 15) is 9.90 Å². The molecular weight excluding hydrogens is 272 g/mol. The van der Waals surface area contributed by atoms with Gasteiger partial charge < -0.3 is 24.8 Å². The highest BCUT2D eigenvalue weighted by Gasteiger charge is 2.22. The van der Waals surface area contributed by atoms with Gasteiger partial charge in [0.25, 0.3) is 0 Å². The van der Waals surface area contributed by atoms with Crippen molar-refractivity contribution >= 4 is 6.09 Å². The Morgan fingerprint density at radius 1 is 1.33 bits per heavy atom. The highest BCUT2D eigenvalue weighted by Crippen LogP contribution is 2.10. The first-order chi connectivity index (χ1) is 9.65. The minimum Gasteiger partial charge on any atom is -0.444 e. The van der Waals surface area contributed by atoms with Gasteiger partial charge in [-0.15, -0.1) is 0 Å². The molecule has 2 atom stereocenters. The van der Waals surface area contributed by atoms with Crippen molar-refractivity contribution < 1.29 is 19.4 Å². The number of nitrogens with zero attached hydrogens (tertiary/aromatic N) is 1. The summed E-state index contributed by atoms with van der Waals surface area (Å²) in [5.74, 6) is 0. The maximum absolute atomic E-state index is 12.1. The van der Waals surface area contributed by atoms with Crippen molar-refractivity contribution in [3.8, 4) is 0 Å². The molecule has 0 aromatic carbocycles. The summed E-state index contributed by atoms with van der Waals surface area (Å²) in [4.78, 5) is 13.6. The summed E-state index contributed by atoms with van der Waals surface area (Å²) < 4.78 is 10.4. The summed E-state index contributed by atoms with van der Waals surface area (Å²) in [7, 11) is 1.68. The molecule has 0 radical (unpaired) electrons. The zero-order valence-corrected chi connectivity index (χ0v) is 14.3. The van der Waals surface area contributed by atoms with Crippen molar-refractivity contribution in [3.05, 3.63) is 0 Å². The van der Waals surface area contributed by atoms with Gasteiger partial charge in [0.15, 0.2) is 0 Å². The van der Waals surface area contributed by atoms with E-state index in [2.05, 4.69) is 12.2 Å². The summed E-state index contributed by atoms with van der Waals surface area (Å²) in [6.07, 6.45) is -0.0579. The first kappa shape index (κ1) is 20.1. The van der Waals surface area contributed by atoms with Gasteiger partial charge in [0.05, 0.1) is 6.10 Å². The van der Waals surface area contributed by atoms with Gasteiger partial charge in [0, 0.05) is 39.4 Å². The summed E-state index contributed by atoms with van der Waals surface area (Å²) in [5, 5.41) is 12.8. The predicted octanol–water partition coefficient (Wildman–Crippen LogP) is 1.62. The summed E-state index contributed by atoms with van der Waals surface area (Å²) >= 11 is 0. The Morgan fingerprint density at radius 3 is 2.43 bits per heavy atom. The third-order valence-electron chi connectivity index (χ3n) is 2.77. The molecule has 21 heavy (non-hydrogen) atoms. The number of aliphatic hydroxyl groups is 1. The number of ether oxygens (including phenoxy) is 2. The molecule has 0 bridgehead atoms. The van der Waals surface area contributed by atoms with E-state index < -0.39 is 17.8 Å². The van der Waals surface area contributed by atoms with Crippen molar-refractivity contribution in [3.63, 3.8) is 0 Å². The Bertz CT molecular complexity index is 290. The molecule has 126 valence electrons. The molecule has 0 aliphatic carbocycles. The summed E-state index contributed by atoms with van der Waals surface area (Å²) in [6, 6.07) is 0.317. The van der Waals surface area contributed by atoms with E-state index in [-0.39, 0.29) is 6.54 Å². The quantitative estimate of drug-likeness (QED) is 0.677. The van der Waals surface area contributed by atoms with Crippen molar-refractivity contribution in [2.24, 2.45) is 0 Å². The van der Waals surface area contributed by atoms with E-state index in [0.29, 0.717) is 25.7 Å². The molecule has 2 unspecified atom stereocenters. The van der Waals surface area contributed by atoms with Crippen LogP contribution in [0.3, 0.4) is 0 Å². The molecule has 0 heterocycles. The van der Waals surface area contributed by atoms with Gasteiger partial charge >= 0.3 is 6.09 Å². The second-order valence-corrected chi connectivity index (χ2v) is 6.41. The average molecular weight is 304 g/mol. The van der Waals surface area contributed by atoms with Crippen molar-refractivity contribution in [2.75, 3.05) is 33.4 Å². The lowest BCUT2D eigenvalue weighted by molar-refractivity contribution is 0.0162. The van der Waals surface area contributed by atoms with Crippen molar-refractivity contribution in [1.29, 1.82) is 0 Å². The Balaban J connectivity index is 4.27. The number of aliphatic hydroxyl groups excluding tert-OH is 1. The second-order valence-electron chi connectivity index (χ2n) is 6.41. The fraction of sp³-hybridized carbons (Fsp3) is 0.933. The van der Waals surface area contributed by atoms with Crippen LogP contribution in [0, 0.1) is 0 Å². The fourth-order valence-electron chi connectivity index (χ4n) is 1.75. The molecule has 0 aliphatic heterocycles. The number of carbonyl (C=O) groups is 1. The number of hydrogen-bond acceptors (Lipinski definition) is 5. The van der Waals surface area contributed by atoms with E-state index in [1.807, 2.05) is 20.8 Å². The number of nitrogens with one attached hydrogen (secondary N) is 1. The number of hydrogen-bond donors (Lipinski definition) is 2. The van der Waals surface area contributed by atoms with E-state index in [1.165, 1.54) is 4.90 Å². The van der Waals surface area contributed by atoms with Gasteiger partial charge in [0.2, 0.25) is 0 Å². The smallest absolute Gasteiger partial charge is 0.410 e. The third kappa shape index (κ3) is 11.5. The van der Waals surface area contributed by atoms with Crippen molar-refractivity contribution in [2.45, 2.75) is 58.8 Å². The van der Waals surface area contributed by atoms with Crippen LogP contribution in [0.1, 0.15) is 41.0 Å². The maximum Gasteiger partial charge on any atom is 0.410 e. The predicted molar refractivity (Wildman–Crippen MR) is 83.4 cm³/mol. The van der Waals surface area contributed by atoms with Gasteiger partial charge in [-0.2, -0.15) is 0 Å². The monoisotopic (exact) mass is 304 g/mol. The van der Waals surface area contributed by atoms with Crippen LogP contribution >= 0.6 is 0 Å². The Kier molecular flexibility index (Phi) is 9.57. The Labute approximate surface area is 128 Å². The lowest BCUT2D eigenvalue weighted by Gasteiger charge is -2.28. The Hall–Kier alpha value is -0.850. The molecule has 0 saturated carbocycles. The van der Waals surface area contributed by atoms with Crippen molar-refractivity contribution in [1.82, 2.24) is 10.2 Å². The lowest BCUT2D eigenvalue weighted by Crippen LogP contribution is -2.44. The van der Waals surface area contributed by atoms with Gasteiger partial charge in [-0.3, -0.25) is 0 Å². The lowest BCUT2D eigenvalue weighted by atomic mass is 10.2. The van der Waals surface area contributed by atoms with Crippen LogP contribution in [-0.2, 0) is 9.47 Å². The molecule has 0 fully saturated rings. The van der Waals surface area contributed by atoms with Crippen LogP contribution in [0.25, 0.3) is 0 Å². The maximum atomic E-state index is 12.1. The minimum absolute atomic E-state index is 0.267. The van der Waals surface area contributed by atoms with Crippen LogP contribution < -0.4 is 5.32 Å². The number of methoxy groups -OCH3 is 1. The topological polar surface area (TPSA) is 71.0 Å². The molecule has 0 aromatic heterocycles. The molecule has 0 saturated heterocycles. The van der Waals surface area contributed by atoms with E-state index in [4.69, 9.17) is 9.47 Å². The first-order valence-corrected chi connectivity index (χ1v) is 7.54. The standard InChI is InChI=1S/C15H32N2O4/c1-12(7-10-20-6)16-8-9-17(11-13(2)18)14(19)21-15(3,4)5/h12-13,16,18H,7-11H2,1-6H3. The second kappa shape index (κ2) is 9.97. The van der Waals surface area contributed by atoms with Crippen LogP contribution in [-0.4, -0.2) is 67.2 Å². The summed E-state index contributed by atoms with van der Waals surface area (Å²) in [5.41, 5.74) is -0.535. The number of amides is 1. The van der Waals surface area contributed by atoms with Gasteiger partial charge in [-0.25, -0.2) is 4.79 Å². The van der Waals surface area contributed by atoms with E-state index >= 15 is 0 Å². The normalized spacial score (nSPS) is 14.6. The van der Waals surface area contributed by atoms with Gasteiger partial charge in [-0.1, -0.05) is 0 Å². The van der Waals surface area contributed by atoms with Crippen LogP contribution in [0.5, 0.6) is 0 Å². The van der Waals surface area contributed by atoms with Gasteiger partial charge in [-0.05, 0) is 41.0 Å². The average Bonchev–Trinajstić information content (AvgIpc) is 2.32. The van der Waals surface area contributed by atoms with Crippen LogP contribution in [0.2, 0.25) is 0 Å². The fourth-order valence-corrected chi connectivity index (χ4v) is 1.75. The highest BCUT2D eigenvalue weighted by molar-refractivity contribution is 5.68. The molecular formula is C15H32N2O4. The first-order valence-electron chi connectivity index (χ1n) is 7.54. The number of rotatable bonds is 9. The van der Waals surface area contributed by atoms with Crippen LogP contribution in [0.4, 0.5) is 4.79 Å². The molecule has 0 spiro atoms. The number of carbonyl (C=O) groups excluding carboxylic acids is 1. The van der Waals surface area contributed by atoms with Gasteiger partial charge in [0.1, 0.15) is 5.60 Å². The molecule has 0 aliphatic rings. The molecule has 0 aromatic rings. The molecule has 6 heteroatoms. The molecule has 6 nitrogen and oxygen atoms in total. The summed E-state index contributed by atoms with van der Waals surface area (Å²) in [6.45, 7) is 11.3.